The summed E-state index contributed by atoms with van der Waals surface area (Å²) in [5.74, 6) is 0.955. The number of aliphatic hydroxyl groups is 2. The van der Waals surface area contributed by atoms with Crippen LogP contribution in [0, 0.1) is 5.92 Å². The summed E-state index contributed by atoms with van der Waals surface area (Å²) in [6.45, 7) is 4.19. The van der Waals surface area contributed by atoms with E-state index in [0.29, 0.717) is 19.3 Å². The summed E-state index contributed by atoms with van der Waals surface area (Å²) in [7, 11) is 0. The summed E-state index contributed by atoms with van der Waals surface area (Å²) in [5, 5.41) is 29.3. The van der Waals surface area contributed by atoms with Crippen LogP contribution in [0.5, 0.6) is 0 Å². The van der Waals surface area contributed by atoms with E-state index in [4.69, 9.17) is 9.52 Å². The number of carboxylic acid groups (broad SMARTS) is 1. The monoisotopic (exact) mass is 364 g/mol. The number of furan rings is 1. The van der Waals surface area contributed by atoms with Gasteiger partial charge < -0.3 is 19.7 Å². The van der Waals surface area contributed by atoms with Gasteiger partial charge in [0.05, 0.1) is 12.2 Å². The molecule has 5 nitrogen and oxygen atoms in total. The van der Waals surface area contributed by atoms with Crippen LogP contribution in [-0.4, -0.2) is 33.5 Å². The highest BCUT2D eigenvalue weighted by molar-refractivity contribution is 5.66. The number of fused-ring (bicyclic) bond motifs is 1. The first-order valence-electron chi connectivity index (χ1n) is 9.80. The van der Waals surface area contributed by atoms with Gasteiger partial charge in [0.2, 0.25) is 0 Å². The van der Waals surface area contributed by atoms with E-state index in [9.17, 15) is 15.0 Å². The van der Waals surface area contributed by atoms with E-state index in [-0.39, 0.29) is 18.3 Å². The molecular formula is C21H32O5. The number of hydrogen-bond donors (Lipinski definition) is 3. The third kappa shape index (κ3) is 5.71. The summed E-state index contributed by atoms with van der Waals surface area (Å²) >= 11 is 0. The minimum atomic E-state index is -0.771. The van der Waals surface area contributed by atoms with Gasteiger partial charge in [-0.25, -0.2) is 0 Å². The molecule has 3 N–H and O–H groups in total. The first-order valence-corrected chi connectivity index (χ1v) is 9.80. The zero-order chi connectivity index (χ0) is 19.1. The lowest BCUT2D eigenvalue weighted by Crippen LogP contribution is -2.16. The summed E-state index contributed by atoms with van der Waals surface area (Å²) in [6, 6.07) is 1.98. The predicted molar refractivity (Wildman–Crippen MR) is 100 cm³/mol. The Kier molecular flexibility index (Phi) is 7.91. The van der Waals surface area contributed by atoms with E-state index in [1.807, 2.05) is 25.1 Å². The molecule has 0 saturated carbocycles. The molecule has 0 aromatic carbocycles. The normalized spacial score (nSPS) is 21.8. The fourth-order valence-corrected chi connectivity index (χ4v) is 3.52. The van der Waals surface area contributed by atoms with E-state index in [1.165, 1.54) is 0 Å². The third-order valence-corrected chi connectivity index (χ3v) is 5.24. The Morgan fingerprint density at radius 3 is 2.85 bits per heavy atom. The number of aliphatic hydroxyl groups excluding tert-OH is 2. The van der Waals surface area contributed by atoms with Gasteiger partial charge in [-0.2, -0.15) is 0 Å². The second kappa shape index (κ2) is 9.93. The molecule has 0 bridgehead atoms. The molecule has 0 radical (unpaired) electrons. The average Bonchev–Trinajstić information content (AvgIpc) is 3.10. The van der Waals surface area contributed by atoms with Crippen molar-refractivity contribution in [1.82, 2.24) is 0 Å². The molecule has 146 valence electrons. The van der Waals surface area contributed by atoms with Gasteiger partial charge in [0.1, 0.15) is 11.5 Å². The van der Waals surface area contributed by atoms with E-state index in [0.717, 1.165) is 42.8 Å². The Morgan fingerprint density at radius 1 is 1.38 bits per heavy atom. The summed E-state index contributed by atoms with van der Waals surface area (Å²) in [4.78, 5) is 10.6. The summed E-state index contributed by atoms with van der Waals surface area (Å²) in [5.41, 5.74) is 0.996. The second-order valence-corrected chi connectivity index (χ2v) is 7.48. The lowest BCUT2D eigenvalue weighted by molar-refractivity contribution is -0.137. The molecule has 2 rings (SSSR count). The van der Waals surface area contributed by atoms with Gasteiger partial charge in [-0.1, -0.05) is 38.8 Å². The van der Waals surface area contributed by atoms with Crippen molar-refractivity contribution in [3.63, 3.8) is 0 Å². The fraction of sp³-hybridized carbons (Fsp3) is 0.667. The minimum absolute atomic E-state index is 0.144. The largest absolute Gasteiger partial charge is 0.481 e. The van der Waals surface area contributed by atoms with Crippen molar-refractivity contribution in [3.05, 3.63) is 35.3 Å². The maximum absolute atomic E-state index is 10.6. The Morgan fingerprint density at radius 2 is 2.15 bits per heavy atom. The van der Waals surface area contributed by atoms with Crippen molar-refractivity contribution in [3.8, 4) is 0 Å². The maximum Gasteiger partial charge on any atom is 0.303 e. The third-order valence-electron chi connectivity index (χ3n) is 5.24. The van der Waals surface area contributed by atoms with E-state index >= 15 is 0 Å². The topological polar surface area (TPSA) is 90.9 Å². The first-order chi connectivity index (χ1) is 12.4. The van der Waals surface area contributed by atoms with E-state index in [1.54, 1.807) is 0 Å². The van der Waals surface area contributed by atoms with Crippen LogP contribution in [0.4, 0.5) is 0 Å². The smallest absolute Gasteiger partial charge is 0.303 e. The first kappa shape index (κ1) is 20.7. The highest BCUT2D eigenvalue weighted by atomic mass is 16.4. The quantitative estimate of drug-likeness (QED) is 0.410. The second-order valence-electron chi connectivity index (χ2n) is 7.48. The average molecular weight is 364 g/mol. The van der Waals surface area contributed by atoms with Crippen LogP contribution < -0.4 is 0 Å². The van der Waals surface area contributed by atoms with Crippen LogP contribution in [0.15, 0.2) is 22.6 Å². The number of hydrogen-bond acceptors (Lipinski definition) is 4. The standard InChI is InChI=1S/C21H32O5/c1-3-4-7-14(2)18(22)11-10-16-17-12-15(8-5-6-9-21(24)25)26-20(17)13-19(16)23/h10-12,14,16,18-19,22-23H,3-9,13H2,1-2H3,(H,24,25)/t14-,16+,18+,19+/m0/s1. The van der Waals surface area contributed by atoms with Gasteiger partial charge in [-0.3, -0.25) is 4.79 Å². The predicted octanol–water partition coefficient (Wildman–Crippen LogP) is 3.82. The number of carbonyl (C=O) groups is 1. The molecule has 1 aromatic rings. The molecule has 1 heterocycles. The lowest BCUT2D eigenvalue weighted by Gasteiger charge is -2.16. The van der Waals surface area contributed by atoms with E-state index in [2.05, 4.69) is 6.92 Å². The van der Waals surface area contributed by atoms with Gasteiger partial charge >= 0.3 is 5.97 Å². The van der Waals surface area contributed by atoms with Gasteiger partial charge in [0, 0.05) is 30.7 Å². The molecule has 1 aliphatic rings. The highest BCUT2D eigenvalue weighted by Gasteiger charge is 2.33. The van der Waals surface area contributed by atoms with Crippen molar-refractivity contribution in [2.45, 2.75) is 83.3 Å². The Balaban J connectivity index is 1.93. The fourth-order valence-electron chi connectivity index (χ4n) is 3.52. The van der Waals surface area contributed by atoms with Gasteiger partial charge in [-0.05, 0) is 31.2 Å². The zero-order valence-corrected chi connectivity index (χ0v) is 15.9. The van der Waals surface area contributed by atoms with Gasteiger partial charge in [0.15, 0.2) is 0 Å². The van der Waals surface area contributed by atoms with Crippen LogP contribution in [-0.2, 0) is 17.6 Å². The van der Waals surface area contributed by atoms with Crippen molar-refractivity contribution in [2.24, 2.45) is 5.92 Å². The van der Waals surface area contributed by atoms with Gasteiger partial charge in [-0.15, -0.1) is 0 Å². The number of aliphatic carboxylic acids is 1. The highest BCUT2D eigenvalue weighted by Crippen LogP contribution is 2.37. The lowest BCUT2D eigenvalue weighted by atomic mass is 9.94. The Bertz CT molecular complexity index is 604. The van der Waals surface area contributed by atoms with E-state index < -0.39 is 18.2 Å². The van der Waals surface area contributed by atoms with Gasteiger partial charge in [0.25, 0.3) is 0 Å². The number of rotatable bonds is 11. The molecule has 0 saturated heterocycles. The van der Waals surface area contributed by atoms with Crippen LogP contribution in [0.2, 0.25) is 0 Å². The van der Waals surface area contributed by atoms with Crippen molar-refractivity contribution < 1.29 is 24.5 Å². The van der Waals surface area contributed by atoms with Crippen molar-refractivity contribution >= 4 is 5.97 Å². The van der Waals surface area contributed by atoms with Crippen LogP contribution in [0.1, 0.15) is 75.4 Å². The van der Waals surface area contributed by atoms with Crippen LogP contribution in [0.3, 0.4) is 0 Å². The Hall–Kier alpha value is -1.59. The molecular weight excluding hydrogens is 332 g/mol. The van der Waals surface area contributed by atoms with Crippen LogP contribution >= 0.6 is 0 Å². The summed E-state index contributed by atoms with van der Waals surface area (Å²) < 4.78 is 5.84. The minimum Gasteiger partial charge on any atom is -0.481 e. The number of carboxylic acids is 1. The molecule has 1 aromatic heterocycles. The molecule has 0 fully saturated rings. The zero-order valence-electron chi connectivity index (χ0n) is 15.9. The molecule has 5 heteroatoms. The molecule has 0 spiro atoms. The summed E-state index contributed by atoms with van der Waals surface area (Å²) in [6.07, 6.45) is 8.71. The Labute approximate surface area is 155 Å². The molecule has 0 unspecified atom stereocenters. The molecule has 26 heavy (non-hydrogen) atoms. The molecule has 0 aliphatic heterocycles. The SMILES string of the molecule is CCCC[C@H](C)[C@H](O)C=C[C@@H]1c2cc(CCCCC(=O)O)oc2C[C@H]1O. The van der Waals surface area contributed by atoms with Crippen molar-refractivity contribution in [2.75, 3.05) is 0 Å². The molecule has 0 amide bonds. The number of aryl methyl sites for hydroxylation is 1. The molecule has 1 aliphatic carbocycles. The maximum atomic E-state index is 10.6. The molecule has 4 atom stereocenters. The number of unbranched alkanes of at least 4 members (excludes halogenated alkanes) is 2. The van der Waals surface area contributed by atoms with Crippen molar-refractivity contribution in [1.29, 1.82) is 0 Å². The van der Waals surface area contributed by atoms with Crippen LogP contribution in [0.25, 0.3) is 0 Å².